The number of carbonyl (C=O) groups excluding carboxylic acids is 2. The SMILES string of the molecule is CC(C)[C@H](N)C(=O)NCC(=O)Nc1cccnc1.Cl. The number of amides is 2. The van der Waals surface area contributed by atoms with Crippen LogP contribution >= 0.6 is 12.4 Å². The van der Waals surface area contributed by atoms with Gasteiger partial charge in [-0.25, -0.2) is 0 Å². The summed E-state index contributed by atoms with van der Waals surface area (Å²) in [4.78, 5) is 26.9. The van der Waals surface area contributed by atoms with E-state index >= 15 is 0 Å². The number of nitrogens with zero attached hydrogens (tertiary/aromatic N) is 1. The van der Waals surface area contributed by atoms with Gasteiger partial charge in [-0.05, 0) is 18.1 Å². The Kier molecular flexibility index (Phi) is 7.71. The van der Waals surface area contributed by atoms with Crippen molar-refractivity contribution in [3.05, 3.63) is 24.5 Å². The van der Waals surface area contributed by atoms with Gasteiger partial charge in [-0.3, -0.25) is 14.6 Å². The quantitative estimate of drug-likeness (QED) is 0.736. The molecule has 0 aliphatic rings. The van der Waals surface area contributed by atoms with Gasteiger partial charge in [-0.15, -0.1) is 12.4 Å². The highest BCUT2D eigenvalue weighted by molar-refractivity contribution is 5.95. The number of nitrogens with two attached hydrogens (primary N) is 1. The van der Waals surface area contributed by atoms with Crippen LogP contribution in [-0.2, 0) is 9.59 Å². The van der Waals surface area contributed by atoms with Crippen molar-refractivity contribution in [1.29, 1.82) is 0 Å². The second-order valence-electron chi connectivity index (χ2n) is 4.28. The summed E-state index contributed by atoms with van der Waals surface area (Å²) in [7, 11) is 0. The van der Waals surface area contributed by atoms with E-state index in [1.165, 1.54) is 6.20 Å². The molecule has 1 aromatic rings. The topological polar surface area (TPSA) is 97.1 Å². The van der Waals surface area contributed by atoms with E-state index in [9.17, 15) is 9.59 Å². The molecule has 0 aliphatic carbocycles. The summed E-state index contributed by atoms with van der Waals surface area (Å²) in [5, 5.41) is 5.10. The number of halogens is 1. The van der Waals surface area contributed by atoms with E-state index in [2.05, 4.69) is 15.6 Å². The number of hydrogen-bond donors (Lipinski definition) is 3. The van der Waals surface area contributed by atoms with Crippen LogP contribution < -0.4 is 16.4 Å². The first-order valence-electron chi connectivity index (χ1n) is 5.74. The molecule has 1 aromatic heterocycles. The van der Waals surface area contributed by atoms with E-state index in [0.717, 1.165) is 0 Å². The fourth-order valence-corrected chi connectivity index (χ4v) is 1.23. The summed E-state index contributed by atoms with van der Waals surface area (Å²) in [6.07, 6.45) is 3.14. The summed E-state index contributed by atoms with van der Waals surface area (Å²) >= 11 is 0. The van der Waals surface area contributed by atoms with Crippen molar-refractivity contribution in [2.24, 2.45) is 11.7 Å². The summed E-state index contributed by atoms with van der Waals surface area (Å²) in [5.41, 5.74) is 6.23. The maximum absolute atomic E-state index is 11.5. The monoisotopic (exact) mass is 286 g/mol. The molecule has 0 fully saturated rings. The lowest BCUT2D eigenvalue weighted by atomic mass is 10.1. The number of hydrogen-bond acceptors (Lipinski definition) is 4. The van der Waals surface area contributed by atoms with Crippen LogP contribution in [0.15, 0.2) is 24.5 Å². The van der Waals surface area contributed by atoms with Crippen molar-refractivity contribution in [3.8, 4) is 0 Å². The Morgan fingerprint density at radius 2 is 2.11 bits per heavy atom. The average Bonchev–Trinajstić information content (AvgIpc) is 2.36. The summed E-state index contributed by atoms with van der Waals surface area (Å²) < 4.78 is 0. The van der Waals surface area contributed by atoms with Crippen LogP contribution in [0, 0.1) is 5.92 Å². The third-order valence-electron chi connectivity index (χ3n) is 2.39. The van der Waals surface area contributed by atoms with Crippen LogP contribution in [0.25, 0.3) is 0 Å². The van der Waals surface area contributed by atoms with Crippen molar-refractivity contribution < 1.29 is 9.59 Å². The fraction of sp³-hybridized carbons (Fsp3) is 0.417. The Balaban J connectivity index is 0.00000324. The molecule has 0 saturated heterocycles. The van der Waals surface area contributed by atoms with E-state index in [0.29, 0.717) is 5.69 Å². The lowest BCUT2D eigenvalue weighted by molar-refractivity contribution is -0.125. The van der Waals surface area contributed by atoms with Gasteiger partial charge < -0.3 is 16.4 Å². The zero-order valence-corrected chi connectivity index (χ0v) is 11.7. The molecule has 1 heterocycles. The molecule has 19 heavy (non-hydrogen) atoms. The third-order valence-corrected chi connectivity index (χ3v) is 2.39. The molecular formula is C12H19ClN4O2. The van der Waals surface area contributed by atoms with E-state index in [4.69, 9.17) is 5.73 Å². The zero-order chi connectivity index (χ0) is 13.5. The molecule has 2 amide bonds. The van der Waals surface area contributed by atoms with Gasteiger partial charge in [0.05, 0.1) is 24.5 Å². The van der Waals surface area contributed by atoms with Gasteiger partial charge in [0.2, 0.25) is 11.8 Å². The molecule has 0 unspecified atom stereocenters. The highest BCUT2D eigenvalue weighted by Gasteiger charge is 2.17. The van der Waals surface area contributed by atoms with Gasteiger partial charge in [-0.1, -0.05) is 13.8 Å². The minimum absolute atomic E-state index is 0. The molecular weight excluding hydrogens is 268 g/mol. The lowest BCUT2D eigenvalue weighted by Crippen LogP contribution is -2.46. The number of nitrogens with one attached hydrogen (secondary N) is 2. The highest BCUT2D eigenvalue weighted by atomic mass is 35.5. The summed E-state index contributed by atoms with van der Waals surface area (Å²) in [6.45, 7) is 3.59. The Morgan fingerprint density at radius 1 is 1.42 bits per heavy atom. The first-order chi connectivity index (χ1) is 8.50. The van der Waals surface area contributed by atoms with Gasteiger partial charge in [0.25, 0.3) is 0 Å². The number of pyridine rings is 1. The fourth-order valence-electron chi connectivity index (χ4n) is 1.23. The largest absolute Gasteiger partial charge is 0.346 e. The molecule has 106 valence electrons. The molecule has 4 N–H and O–H groups in total. The van der Waals surface area contributed by atoms with Gasteiger partial charge >= 0.3 is 0 Å². The van der Waals surface area contributed by atoms with E-state index in [-0.39, 0.29) is 36.7 Å². The van der Waals surface area contributed by atoms with Gasteiger partial charge in [0, 0.05) is 6.20 Å². The average molecular weight is 287 g/mol. The van der Waals surface area contributed by atoms with Crippen LogP contribution in [0.3, 0.4) is 0 Å². The summed E-state index contributed by atoms with van der Waals surface area (Å²) in [6, 6.07) is 2.83. The van der Waals surface area contributed by atoms with E-state index in [1.807, 2.05) is 13.8 Å². The van der Waals surface area contributed by atoms with Crippen LogP contribution in [0.4, 0.5) is 5.69 Å². The Labute approximate surface area is 118 Å². The third kappa shape index (κ3) is 6.17. The van der Waals surface area contributed by atoms with Gasteiger partial charge in [-0.2, -0.15) is 0 Å². The molecule has 0 radical (unpaired) electrons. The normalized spacial score (nSPS) is 11.4. The van der Waals surface area contributed by atoms with Crippen LogP contribution in [0.1, 0.15) is 13.8 Å². The molecule has 6 nitrogen and oxygen atoms in total. The first-order valence-corrected chi connectivity index (χ1v) is 5.74. The second kappa shape index (κ2) is 8.44. The number of rotatable bonds is 5. The van der Waals surface area contributed by atoms with Crippen molar-refractivity contribution in [2.45, 2.75) is 19.9 Å². The minimum atomic E-state index is -0.601. The number of anilines is 1. The Morgan fingerprint density at radius 3 is 2.63 bits per heavy atom. The molecule has 1 rings (SSSR count). The smallest absolute Gasteiger partial charge is 0.243 e. The Bertz CT molecular complexity index is 411. The number of aromatic nitrogens is 1. The molecule has 7 heteroatoms. The number of carbonyl (C=O) groups is 2. The minimum Gasteiger partial charge on any atom is -0.346 e. The lowest BCUT2D eigenvalue weighted by Gasteiger charge is -2.15. The van der Waals surface area contributed by atoms with E-state index in [1.54, 1.807) is 18.3 Å². The standard InChI is InChI=1S/C12H18N4O2.ClH/c1-8(2)11(13)12(18)15-7-10(17)16-9-4-3-5-14-6-9;/h3-6,8,11H,7,13H2,1-2H3,(H,15,18)(H,16,17);1H/t11-;/m0./s1. The Hall–Kier alpha value is -1.66. The van der Waals surface area contributed by atoms with Crippen LogP contribution in [0.2, 0.25) is 0 Å². The van der Waals surface area contributed by atoms with Crippen molar-refractivity contribution >= 4 is 29.9 Å². The first kappa shape index (κ1) is 17.3. The zero-order valence-electron chi connectivity index (χ0n) is 10.9. The molecule has 0 bridgehead atoms. The maximum Gasteiger partial charge on any atom is 0.243 e. The van der Waals surface area contributed by atoms with Crippen molar-refractivity contribution in [2.75, 3.05) is 11.9 Å². The van der Waals surface area contributed by atoms with Crippen molar-refractivity contribution in [3.63, 3.8) is 0 Å². The molecule has 0 spiro atoms. The molecule has 0 aliphatic heterocycles. The predicted octanol–water partition coefficient (Wildman–Crippen LogP) is 0.541. The predicted molar refractivity (Wildman–Crippen MR) is 75.9 cm³/mol. The molecule has 1 atom stereocenters. The van der Waals surface area contributed by atoms with E-state index < -0.39 is 6.04 Å². The van der Waals surface area contributed by atoms with Crippen LogP contribution in [0.5, 0.6) is 0 Å². The second-order valence-corrected chi connectivity index (χ2v) is 4.28. The van der Waals surface area contributed by atoms with Crippen molar-refractivity contribution in [1.82, 2.24) is 10.3 Å². The van der Waals surface area contributed by atoms with Gasteiger partial charge in [0.1, 0.15) is 0 Å². The highest BCUT2D eigenvalue weighted by Crippen LogP contribution is 2.01. The van der Waals surface area contributed by atoms with Crippen LogP contribution in [-0.4, -0.2) is 29.4 Å². The molecule has 0 saturated carbocycles. The molecule has 0 aromatic carbocycles. The van der Waals surface area contributed by atoms with Gasteiger partial charge in [0.15, 0.2) is 0 Å². The maximum atomic E-state index is 11.5. The summed E-state index contributed by atoms with van der Waals surface area (Å²) in [5.74, 6) is -0.606.